The van der Waals surface area contributed by atoms with Gasteiger partial charge in [-0.15, -0.1) is 0 Å². The lowest BCUT2D eigenvalue weighted by Gasteiger charge is -2.11. The summed E-state index contributed by atoms with van der Waals surface area (Å²) in [6, 6.07) is 11.6. The molecule has 0 radical (unpaired) electrons. The molecule has 29 heavy (non-hydrogen) atoms. The van der Waals surface area contributed by atoms with E-state index < -0.39 is 11.7 Å². The fraction of sp³-hybridized carbons (Fsp3) is 0.111. The molecule has 0 spiro atoms. The van der Waals surface area contributed by atoms with Crippen molar-refractivity contribution in [1.82, 2.24) is 24.5 Å². The van der Waals surface area contributed by atoms with Crippen molar-refractivity contribution in [1.29, 1.82) is 0 Å². The van der Waals surface area contributed by atoms with Gasteiger partial charge in [-0.05, 0) is 36.4 Å². The normalized spacial score (nSPS) is 11.7. The first-order valence-corrected chi connectivity index (χ1v) is 8.38. The monoisotopic (exact) mass is 401 g/mol. The highest BCUT2D eigenvalue weighted by Gasteiger charge is 2.30. The Hall–Kier alpha value is -3.73. The van der Waals surface area contributed by atoms with Gasteiger partial charge in [0.2, 0.25) is 17.8 Å². The van der Waals surface area contributed by atoms with Crippen LogP contribution in [0, 0.1) is 0 Å². The lowest BCUT2D eigenvalue weighted by Crippen LogP contribution is -2.11. The van der Waals surface area contributed by atoms with E-state index in [9.17, 15) is 18.3 Å². The van der Waals surface area contributed by atoms with Crippen LogP contribution in [0.5, 0.6) is 0 Å². The van der Waals surface area contributed by atoms with Gasteiger partial charge in [0.15, 0.2) is 0 Å². The van der Waals surface area contributed by atoms with Gasteiger partial charge < -0.3 is 16.2 Å². The number of hydrogen-bond donors (Lipinski definition) is 3. The first-order chi connectivity index (χ1) is 13.8. The summed E-state index contributed by atoms with van der Waals surface area (Å²) in [5.41, 5.74) is 6.65. The number of nitrogens with one attached hydrogen (secondary N) is 1. The fourth-order valence-corrected chi connectivity index (χ4v) is 2.81. The number of nitrogens with zero attached hydrogens (tertiary/aromatic N) is 5. The predicted molar refractivity (Wildman–Crippen MR) is 99.5 cm³/mol. The minimum atomic E-state index is -4.42. The molecule has 0 aliphatic carbocycles. The van der Waals surface area contributed by atoms with E-state index in [2.05, 4.69) is 25.3 Å². The molecule has 0 aliphatic rings. The third kappa shape index (κ3) is 3.67. The second kappa shape index (κ2) is 7.02. The Morgan fingerprint density at radius 1 is 0.966 bits per heavy atom. The molecule has 0 fully saturated rings. The van der Waals surface area contributed by atoms with Crippen molar-refractivity contribution < 1.29 is 18.3 Å². The first-order valence-electron chi connectivity index (χ1n) is 8.38. The van der Waals surface area contributed by atoms with Crippen LogP contribution in [0.2, 0.25) is 0 Å². The summed E-state index contributed by atoms with van der Waals surface area (Å²) >= 11 is 0. The minimum absolute atomic E-state index is 0.0360. The van der Waals surface area contributed by atoms with Crippen LogP contribution in [-0.2, 0) is 12.8 Å². The van der Waals surface area contributed by atoms with Crippen LogP contribution >= 0.6 is 0 Å². The van der Waals surface area contributed by atoms with Crippen molar-refractivity contribution in [3.05, 3.63) is 59.9 Å². The molecule has 8 nitrogen and oxygen atoms in total. The highest BCUT2D eigenvalue weighted by Crippen LogP contribution is 2.30. The van der Waals surface area contributed by atoms with Crippen molar-refractivity contribution in [3.63, 3.8) is 0 Å². The Bertz CT molecular complexity index is 1170. The number of aliphatic hydroxyl groups excluding tert-OH is 1. The molecule has 148 valence electrons. The van der Waals surface area contributed by atoms with Crippen LogP contribution in [-0.4, -0.2) is 29.6 Å². The van der Waals surface area contributed by atoms with E-state index >= 15 is 0 Å². The van der Waals surface area contributed by atoms with E-state index in [4.69, 9.17) is 5.73 Å². The maximum Gasteiger partial charge on any atom is 0.416 e. The van der Waals surface area contributed by atoms with E-state index in [0.717, 1.165) is 12.1 Å². The minimum Gasteiger partial charge on any atom is -0.388 e. The summed E-state index contributed by atoms with van der Waals surface area (Å²) in [5.74, 6) is 0.349. The number of imidazole rings is 1. The Balaban J connectivity index is 1.72. The highest BCUT2D eigenvalue weighted by molar-refractivity contribution is 5.77. The molecule has 2 aromatic carbocycles. The van der Waals surface area contributed by atoms with E-state index in [1.807, 2.05) is 0 Å². The second-order valence-corrected chi connectivity index (χ2v) is 6.03. The number of halogens is 3. The fourth-order valence-electron chi connectivity index (χ4n) is 2.81. The highest BCUT2D eigenvalue weighted by atomic mass is 19.4. The summed E-state index contributed by atoms with van der Waals surface area (Å²) < 4.78 is 39.7. The molecule has 0 saturated carbocycles. The summed E-state index contributed by atoms with van der Waals surface area (Å²) in [6.07, 6.45) is -4.42. The number of para-hydroxylation sites is 2. The van der Waals surface area contributed by atoms with Gasteiger partial charge in [-0.3, -0.25) is 4.57 Å². The van der Waals surface area contributed by atoms with Gasteiger partial charge in [0.05, 0.1) is 16.6 Å². The molecule has 4 aromatic rings. The van der Waals surface area contributed by atoms with Gasteiger partial charge in [0, 0.05) is 5.69 Å². The van der Waals surface area contributed by atoms with Crippen LogP contribution in [0.15, 0.2) is 48.5 Å². The van der Waals surface area contributed by atoms with Gasteiger partial charge in [0.1, 0.15) is 12.4 Å². The number of aromatic nitrogens is 5. The van der Waals surface area contributed by atoms with Crippen molar-refractivity contribution in [2.24, 2.45) is 0 Å². The molecule has 2 aromatic heterocycles. The topological polar surface area (TPSA) is 115 Å². The van der Waals surface area contributed by atoms with E-state index in [0.29, 0.717) is 22.5 Å². The predicted octanol–water partition coefficient (Wildman–Crippen LogP) is 3.05. The van der Waals surface area contributed by atoms with Gasteiger partial charge in [-0.2, -0.15) is 28.1 Å². The Labute approximate surface area is 161 Å². The number of rotatable bonds is 4. The molecule has 0 amide bonds. The molecular weight excluding hydrogens is 387 g/mol. The quantitative estimate of drug-likeness (QED) is 0.481. The Morgan fingerprint density at radius 3 is 2.38 bits per heavy atom. The standard InChI is InChI=1S/C18H14F3N7O/c19-18(20,21)10-5-7-11(8-6-10)23-16-25-15(22)26-17(27-16)28-13-4-2-1-3-12(13)24-14(28)9-29/h1-8,29H,9H2,(H3,22,23,25,26,27). The van der Waals surface area contributed by atoms with Crippen LogP contribution in [0.4, 0.5) is 30.8 Å². The third-order valence-electron chi connectivity index (χ3n) is 4.08. The second-order valence-electron chi connectivity index (χ2n) is 6.03. The SMILES string of the molecule is Nc1nc(Nc2ccc(C(F)(F)F)cc2)nc(-n2c(CO)nc3ccccc32)n1. The number of hydrogen-bond acceptors (Lipinski definition) is 7. The van der Waals surface area contributed by atoms with Crippen molar-refractivity contribution >= 4 is 28.6 Å². The van der Waals surface area contributed by atoms with Gasteiger partial charge in [-0.25, -0.2) is 4.98 Å². The largest absolute Gasteiger partial charge is 0.416 e. The molecule has 2 heterocycles. The van der Waals surface area contributed by atoms with Crippen molar-refractivity contribution in [2.45, 2.75) is 12.8 Å². The number of nitrogens with two attached hydrogens (primary N) is 1. The van der Waals surface area contributed by atoms with Crippen LogP contribution in [0.25, 0.3) is 17.0 Å². The van der Waals surface area contributed by atoms with Crippen LogP contribution in [0.1, 0.15) is 11.4 Å². The summed E-state index contributed by atoms with van der Waals surface area (Å²) in [6.45, 7) is -0.359. The smallest absolute Gasteiger partial charge is 0.388 e. The molecular formula is C18H14F3N7O. The summed E-state index contributed by atoms with van der Waals surface area (Å²) in [5, 5.41) is 12.5. The molecule has 4 N–H and O–H groups in total. The summed E-state index contributed by atoms with van der Waals surface area (Å²) in [7, 11) is 0. The van der Waals surface area contributed by atoms with Crippen molar-refractivity contribution in [2.75, 3.05) is 11.1 Å². The van der Waals surface area contributed by atoms with E-state index in [-0.39, 0.29) is 24.5 Å². The molecule has 11 heteroatoms. The van der Waals surface area contributed by atoms with Gasteiger partial charge in [0.25, 0.3) is 0 Å². The van der Waals surface area contributed by atoms with Crippen molar-refractivity contribution in [3.8, 4) is 5.95 Å². The average Bonchev–Trinajstić information content (AvgIpc) is 3.06. The number of alkyl halides is 3. The molecule has 0 aliphatic heterocycles. The third-order valence-corrected chi connectivity index (χ3v) is 4.08. The van der Waals surface area contributed by atoms with E-state index in [1.165, 1.54) is 16.7 Å². The van der Waals surface area contributed by atoms with Gasteiger partial charge >= 0.3 is 6.18 Å². The molecule has 0 unspecified atom stereocenters. The lowest BCUT2D eigenvalue weighted by molar-refractivity contribution is -0.137. The molecule has 0 bridgehead atoms. The van der Waals surface area contributed by atoms with Crippen LogP contribution in [0.3, 0.4) is 0 Å². The number of benzene rings is 2. The number of anilines is 3. The average molecular weight is 401 g/mol. The van der Waals surface area contributed by atoms with Gasteiger partial charge in [-0.1, -0.05) is 12.1 Å². The number of fused-ring (bicyclic) bond motifs is 1. The molecule has 4 rings (SSSR count). The Kier molecular flexibility index (Phi) is 4.51. The summed E-state index contributed by atoms with van der Waals surface area (Å²) in [4.78, 5) is 16.7. The Morgan fingerprint density at radius 2 is 1.69 bits per heavy atom. The number of nitrogen functional groups attached to an aromatic ring is 1. The lowest BCUT2D eigenvalue weighted by atomic mass is 10.2. The zero-order chi connectivity index (χ0) is 20.6. The zero-order valence-electron chi connectivity index (χ0n) is 14.7. The maximum atomic E-state index is 12.7. The molecule has 0 atom stereocenters. The van der Waals surface area contributed by atoms with Crippen LogP contribution < -0.4 is 11.1 Å². The molecule has 0 saturated heterocycles. The maximum absolute atomic E-state index is 12.7. The first kappa shape index (κ1) is 18.6. The number of aliphatic hydroxyl groups is 1. The zero-order valence-corrected chi connectivity index (χ0v) is 14.7. The van der Waals surface area contributed by atoms with E-state index in [1.54, 1.807) is 24.3 Å².